The number of hydrogen-bond acceptors (Lipinski definition) is 5. The normalized spacial score (nSPS) is 18.9. The van der Waals surface area contributed by atoms with Crippen LogP contribution in [0.1, 0.15) is 18.9 Å². The van der Waals surface area contributed by atoms with Crippen LogP contribution in [0.5, 0.6) is 0 Å². The van der Waals surface area contributed by atoms with Crippen molar-refractivity contribution in [3.63, 3.8) is 0 Å². The Morgan fingerprint density at radius 2 is 1.86 bits per heavy atom. The van der Waals surface area contributed by atoms with Crippen molar-refractivity contribution in [2.24, 2.45) is 0 Å². The molecule has 8 nitrogen and oxygen atoms in total. The zero-order chi connectivity index (χ0) is 20.3. The average Bonchev–Trinajstić information content (AvgIpc) is 2.91. The SMILES string of the molecule is COC(=O)CCNC(=O)CN1C(=O)N[C@](C)(c2ccc3ccccc3c2)C1=O. The van der Waals surface area contributed by atoms with E-state index in [0.717, 1.165) is 15.7 Å². The molecule has 146 valence electrons. The topological polar surface area (TPSA) is 105 Å². The summed E-state index contributed by atoms with van der Waals surface area (Å²) in [6.45, 7) is 1.26. The Morgan fingerprint density at radius 1 is 1.14 bits per heavy atom. The first-order valence-corrected chi connectivity index (χ1v) is 8.82. The molecule has 28 heavy (non-hydrogen) atoms. The Kier molecular flexibility index (Phi) is 5.30. The lowest BCUT2D eigenvalue weighted by atomic mass is 9.90. The minimum atomic E-state index is -1.26. The number of fused-ring (bicyclic) bond motifs is 1. The van der Waals surface area contributed by atoms with Crippen LogP contribution in [-0.4, -0.2) is 48.9 Å². The van der Waals surface area contributed by atoms with E-state index in [2.05, 4.69) is 15.4 Å². The van der Waals surface area contributed by atoms with Crippen LogP contribution >= 0.6 is 0 Å². The molecule has 0 radical (unpaired) electrons. The second-order valence-corrected chi connectivity index (χ2v) is 6.68. The highest BCUT2D eigenvalue weighted by atomic mass is 16.5. The quantitative estimate of drug-likeness (QED) is 0.578. The molecule has 0 aliphatic carbocycles. The molecule has 1 fully saturated rings. The number of carbonyl (C=O) groups is 4. The van der Waals surface area contributed by atoms with E-state index in [1.165, 1.54) is 7.11 Å². The third kappa shape index (κ3) is 3.66. The fourth-order valence-electron chi connectivity index (χ4n) is 3.14. The van der Waals surface area contributed by atoms with E-state index < -0.39 is 35.9 Å². The average molecular weight is 383 g/mol. The summed E-state index contributed by atoms with van der Waals surface area (Å²) in [4.78, 5) is 49.3. The predicted molar refractivity (Wildman–Crippen MR) is 101 cm³/mol. The van der Waals surface area contributed by atoms with Crippen LogP contribution in [0.2, 0.25) is 0 Å². The Bertz CT molecular complexity index is 958. The van der Waals surface area contributed by atoms with Crippen molar-refractivity contribution in [1.82, 2.24) is 15.5 Å². The van der Waals surface area contributed by atoms with Gasteiger partial charge in [-0.1, -0.05) is 36.4 Å². The second-order valence-electron chi connectivity index (χ2n) is 6.68. The highest BCUT2D eigenvalue weighted by molar-refractivity contribution is 6.09. The number of nitrogens with one attached hydrogen (secondary N) is 2. The lowest BCUT2D eigenvalue weighted by molar-refractivity contribution is -0.140. The largest absolute Gasteiger partial charge is 0.469 e. The molecule has 1 aliphatic heterocycles. The first-order valence-electron chi connectivity index (χ1n) is 8.82. The second kappa shape index (κ2) is 7.67. The van der Waals surface area contributed by atoms with E-state index in [-0.39, 0.29) is 13.0 Å². The molecule has 2 aromatic rings. The van der Waals surface area contributed by atoms with Gasteiger partial charge in [0.05, 0.1) is 13.5 Å². The van der Waals surface area contributed by atoms with Gasteiger partial charge in [-0.05, 0) is 29.3 Å². The molecule has 2 N–H and O–H groups in total. The van der Waals surface area contributed by atoms with Crippen LogP contribution in [0.4, 0.5) is 4.79 Å². The van der Waals surface area contributed by atoms with Crippen LogP contribution in [0, 0.1) is 0 Å². The molecule has 1 heterocycles. The predicted octanol–water partition coefficient (Wildman–Crippen LogP) is 1.29. The van der Waals surface area contributed by atoms with Crippen molar-refractivity contribution < 1.29 is 23.9 Å². The van der Waals surface area contributed by atoms with Gasteiger partial charge in [0, 0.05) is 6.54 Å². The first-order chi connectivity index (χ1) is 13.3. The Balaban J connectivity index is 1.72. The highest BCUT2D eigenvalue weighted by Crippen LogP contribution is 2.30. The van der Waals surface area contributed by atoms with Crippen molar-refractivity contribution in [3.8, 4) is 0 Å². The van der Waals surface area contributed by atoms with Gasteiger partial charge in [0.15, 0.2) is 0 Å². The molecule has 0 bridgehead atoms. The van der Waals surface area contributed by atoms with Crippen molar-refractivity contribution in [1.29, 1.82) is 0 Å². The molecular weight excluding hydrogens is 362 g/mol. The van der Waals surface area contributed by atoms with Crippen LogP contribution < -0.4 is 10.6 Å². The number of nitrogens with zero attached hydrogens (tertiary/aromatic N) is 1. The van der Waals surface area contributed by atoms with E-state index in [4.69, 9.17) is 0 Å². The maximum Gasteiger partial charge on any atom is 0.325 e. The third-order valence-electron chi connectivity index (χ3n) is 4.78. The Hall–Kier alpha value is -3.42. The van der Waals surface area contributed by atoms with Gasteiger partial charge < -0.3 is 15.4 Å². The molecular formula is C20H21N3O5. The number of benzene rings is 2. The van der Waals surface area contributed by atoms with E-state index in [1.54, 1.807) is 13.0 Å². The van der Waals surface area contributed by atoms with Crippen LogP contribution in [0.15, 0.2) is 42.5 Å². The van der Waals surface area contributed by atoms with Crippen LogP contribution in [0.25, 0.3) is 10.8 Å². The number of urea groups is 1. The number of methoxy groups -OCH3 is 1. The number of imide groups is 1. The molecule has 0 unspecified atom stereocenters. The number of esters is 1. The van der Waals surface area contributed by atoms with Crippen molar-refractivity contribution in [2.45, 2.75) is 18.9 Å². The summed E-state index contributed by atoms with van der Waals surface area (Å²) in [6.07, 6.45) is 0.0111. The zero-order valence-electron chi connectivity index (χ0n) is 15.7. The minimum Gasteiger partial charge on any atom is -0.469 e. The molecule has 1 saturated heterocycles. The first kappa shape index (κ1) is 19.3. The maximum atomic E-state index is 12.9. The number of amides is 4. The van der Waals surface area contributed by atoms with Gasteiger partial charge >= 0.3 is 12.0 Å². The summed E-state index contributed by atoms with van der Waals surface area (Å²) in [7, 11) is 1.25. The number of ether oxygens (including phenoxy) is 1. The summed E-state index contributed by atoms with van der Waals surface area (Å²) in [5.74, 6) is -1.50. The summed E-state index contributed by atoms with van der Waals surface area (Å²) in [5, 5.41) is 7.15. The number of hydrogen-bond donors (Lipinski definition) is 2. The lowest BCUT2D eigenvalue weighted by Gasteiger charge is -2.22. The van der Waals surface area contributed by atoms with Crippen LogP contribution in [0.3, 0.4) is 0 Å². The molecule has 3 rings (SSSR count). The molecule has 8 heteroatoms. The van der Waals surface area contributed by atoms with Crippen molar-refractivity contribution in [3.05, 3.63) is 48.0 Å². The third-order valence-corrected chi connectivity index (χ3v) is 4.78. The molecule has 1 aliphatic rings. The van der Waals surface area contributed by atoms with Gasteiger partial charge in [0.2, 0.25) is 5.91 Å². The summed E-state index contributed by atoms with van der Waals surface area (Å²) >= 11 is 0. The molecule has 2 aromatic carbocycles. The molecule has 1 atom stereocenters. The van der Waals surface area contributed by atoms with E-state index >= 15 is 0 Å². The molecule has 0 saturated carbocycles. The van der Waals surface area contributed by atoms with Crippen molar-refractivity contribution >= 4 is 34.6 Å². The van der Waals surface area contributed by atoms with Gasteiger partial charge in [-0.3, -0.25) is 19.3 Å². The summed E-state index contributed by atoms with van der Waals surface area (Å²) < 4.78 is 4.49. The van der Waals surface area contributed by atoms with Gasteiger partial charge in [0.25, 0.3) is 5.91 Å². The smallest absolute Gasteiger partial charge is 0.325 e. The molecule has 4 amide bonds. The standard InChI is InChI=1S/C20H21N3O5/c1-20(15-8-7-13-5-3-4-6-14(13)11-15)18(26)23(19(27)22-20)12-16(24)21-10-9-17(25)28-2/h3-8,11H,9-10,12H2,1-2H3,(H,21,24)(H,22,27)/t20-/m1/s1. The Morgan fingerprint density at radius 3 is 2.57 bits per heavy atom. The van der Waals surface area contributed by atoms with Crippen molar-refractivity contribution in [2.75, 3.05) is 20.2 Å². The van der Waals surface area contributed by atoms with E-state index in [1.807, 2.05) is 36.4 Å². The van der Waals surface area contributed by atoms with Crippen LogP contribution in [-0.2, 0) is 24.7 Å². The van der Waals surface area contributed by atoms with Gasteiger partial charge in [0.1, 0.15) is 12.1 Å². The molecule has 0 spiro atoms. The van der Waals surface area contributed by atoms with Gasteiger partial charge in [-0.25, -0.2) is 4.79 Å². The van der Waals surface area contributed by atoms with Gasteiger partial charge in [-0.2, -0.15) is 0 Å². The maximum absolute atomic E-state index is 12.9. The lowest BCUT2D eigenvalue weighted by Crippen LogP contribution is -2.43. The summed E-state index contributed by atoms with van der Waals surface area (Å²) in [5.41, 5.74) is -0.619. The number of carbonyl (C=O) groups excluding carboxylic acids is 4. The highest BCUT2D eigenvalue weighted by Gasteiger charge is 2.49. The van der Waals surface area contributed by atoms with Gasteiger partial charge in [-0.15, -0.1) is 0 Å². The number of rotatable bonds is 6. The zero-order valence-corrected chi connectivity index (χ0v) is 15.7. The fourth-order valence-corrected chi connectivity index (χ4v) is 3.14. The minimum absolute atomic E-state index is 0.0111. The summed E-state index contributed by atoms with van der Waals surface area (Å²) in [6, 6.07) is 12.6. The molecule has 0 aromatic heterocycles. The fraction of sp³-hybridized carbons (Fsp3) is 0.300. The van der Waals surface area contributed by atoms with E-state index in [0.29, 0.717) is 5.56 Å². The van der Waals surface area contributed by atoms with E-state index in [9.17, 15) is 19.2 Å². The monoisotopic (exact) mass is 383 g/mol. The Labute approximate surface area is 161 Å².